The van der Waals surface area contributed by atoms with Crippen LogP contribution in [0.4, 0.5) is 14.4 Å². The van der Waals surface area contributed by atoms with Crippen molar-refractivity contribution < 1.29 is 85.7 Å². The van der Waals surface area contributed by atoms with Crippen molar-refractivity contribution in [3.05, 3.63) is 35.9 Å². The maximum atomic E-state index is 12.1. The molecule has 24 nitrogen and oxygen atoms in total. The summed E-state index contributed by atoms with van der Waals surface area (Å²) < 4.78 is 57.3. The van der Waals surface area contributed by atoms with Gasteiger partial charge in [-0.25, -0.2) is 19.2 Å². The second kappa shape index (κ2) is 44.0. The van der Waals surface area contributed by atoms with Crippen LogP contribution in [0.3, 0.4) is 0 Å². The van der Waals surface area contributed by atoms with E-state index in [9.17, 15) is 33.6 Å². The van der Waals surface area contributed by atoms with E-state index in [1.54, 1.807) is 0 Å². The molecule has 0 saturated carbocycles. The van der Waals surface area contributed by atoms with Crippen LogP contribution in [0.5, 0.6) is 0 Å². The van der Waals surface area contributed by atoms with Crippen molar-refractivity contribution in [2.24, 2.45) is 5.73 Å². The Kier molecular flexibility index (Phi) is 40.8. The Hall–Kier alpha value is -5.37. The van der Waals surface area contributed by atoms with E-state index >= 15 is 0 Å². The summed E-state index contributed by atoms with van der Waals surface area (Å²) in [6.07, 6.45) is 1.53. The van der Waals surface area contributed by atoms with Gasteiger partial charge in [0.15, 0.2) is 0 Å². The summed E-state index contributed by atoms with van der Waals surface area (Å²) in [5.41, 5.74) is 5.36. The first kappa shape index (κ1) is 68.6. The van der Waals surface area contributed by atoms with Gasteiger partial charge in [-0.3, -0.25) is 14.4 Å². The highest BCUT2D eigenvalue weighted by Crippen LogP contribution is 2.08. The van der Waals surface area contributed by atoms with E-state index in [-0.39, 0.29) is 44.1 Å². The zero-order valence-corrected chi connectivity index (χ0v) is 45.1. The molecular weight excluding hydrogens is 973 g/mol. The summed E-state index contributed by atoms with van der Waals surface area (Å²) in [6.45, 7) is 18.4. The lowest BCUT2D eigenvalue weighted by Gasteiger charge is -2.19. The third-order valence-corrected chi connectivity index (χ3v) is 9.17. The van der Waals surface area contributed by atoms with Crippen molar-refractivity contribution in [1.82, 2.24) is 26.6 Å². The van der Waals surface area contributed by atoms with E-state index in [2.05, 4.69) is 31.3 Å². The van der Waals surface area contributed by atoms with Crippen LogP contribution < -0.4 is 32.3 Å². The molecule has 0 fully saturated rings. The van der Waals surface area contributed by atoms with E-state index < -0.39 is 53.5 Å². The molecule has 2 unspecified atom stereocenters. The fourth-order valence-corrected chi connectivity index (χ4v) is 5.55. The Labute approximate surface area is 437 Å². The monoisotopic (exact) mass is 1060 g/mol. The maximum Gasteiger partial charge on any atom is 0.408 e. The standard InChI is InChI=1S/C29H47N3O10.C21H41N3O8/c1-29(2,3)42-27(35)31-15-9-17-39-19-21-40-20-18-38-16-8-14-30-25(33)13-12-24(26(34)37-4)32-28(36)41-22-23-10-6-5-7-11-23;1-21(2,3)32-20(27)24-10-6-12-30-14-16-31-15-13-29-11-5-9-23-18(25)8-7-17(22)19(26)28-4/h5-7,10-11,24H,8-9,12-22H2,1-4H3,(H,30,33)(H,31,35)(H,32,36);17H,5-16,22H2,1-4H3,(H,23,25)(H,24,27). The quantitative estimate of drug-likeness (QED) is 0.0313. The summed E-state index contributed by atoms with van der Waals surface area (Å²) in [4.78, 5) is 82.0. The topological polar surface area (TPSA) is 307 Å². The van der Waals surface area contributed by atoms with Gasteiger partial charge >= 0.3 is 30.2 Å². The van der Waals surface area contributed by atoms with Crippen molar-refractivity contribution in [2.75, 3.05) is 120 Å². The number of ether oxygens (including phenoxy) is 11. The van der Waals surface area contributed by atoms with E-state index in [1.165, 1.54) is 14.2 Å². The van der Waals surface area contributed by atoms with Crippen LogP contribution in [0.15, 0.2) is 30.3 Å². The molecule has 7 N–H and O–H groups in total. The first-order valence-corrected chi connectivity index (χ1v) is 25.1. The highest BCUT2D eigenvalue weighted by molar-refractivity contribution is 5.83. The van der Waals surface area contributed by atoms with Crippen molar-refractivity contribution in [3.63, 3.8) is 0 Å². The van der Waals surface area contributed by atoms with Gasteiger partial charge in [-0.15, -0.1) is 0 Å². The van der Waals surface area contributed by atoms with Crippen molar-refractivity contribution >= 4 is 42.0 Å². The first-order chi connectivity index (χ1) is 35.3. The third kappa shape index (κ3) is 45.3. The smallest absolute Gasteiger partial charge is 0.408 e. The van der Waals surface area contributed by atoms with Crippen molar-refractivity contribution in [3.8, 4) is 0 Å². The average molecular weight is 1060 g/mol. The lowest BCUT2D eigenvalue weighted by atomic mass is 10.1. The van der Waals surface area contributed by atoms with Gasteiger partial charge in [0.25, 0.3) is 0 Å². The minimum atomic E-state index is -1.00. The lowest BCUT2D eigenvalue weighted by molar-refractivity contribution is -0.143. The van der Waals surface area contributed by atoms with Gasteiger partial charge in [0.2, 0.25) is 11.8 Å². The van der Waals surface area contributed by atoms with E-state index in [0.29, 0.717) is 131 Å². The largest absolute Gasteiger partial charge is 0.468 e. The molecule has 0 saturated heterocycles. The highest BCUT2D eigenvalue weighted by atomic mass is 16.6. The molecule has 2 atom stereocenters. The lowest BCUT2D eigenvalue weighted by Crippen LogP contribution is -2.42. The van der Waals surface area contributed by atoms with Crippen LogP contribution in [-0.2, 0) is 77.9 Å². The molecule has 426 valence electrons. The van der Waals surface area contributed by atoms with Gasteiger partial charge in [0, 0.05) is 65.4 Å². The number of hydrogen-bond donors (Lipinski definition) is 6. The predicted octanol–water partition coefficient (Wildman–Crippen LogP) is 3.44. The van der Waals surface area contributed by atoms with Gasteiger partial charge in [0.1, 0.15) is 29.9 Å². The number of methoxy groups -OCH3 is 2. The second-order valence-corrected chi connectivity index (χ2v) is 18.1. The second-order valence-electron chi connectivity index (χ2n) is 18.1. The summed E-state index contributed by atoms with van der Waals surface area (Å²) in [5.74, 6) is -1.59. The summed E-state index contributed by atoms with van der Waals surface area (Å²) in [7, 11) is 2.47. The van der Waals surface area contributed by atoms with Crippen molar-refractivity contribution in [1.29, 1.82) is 0 Å². The fourth-order valence-electron chi connectivity index (χ4n) is 5.55. The van der Waals surface area contributed by atoms with Crippen LogP contribution in [-0.4, -0.2) is 185 Å². The number of hydrogen-bond acceptors (Lipinski definition) is 19. The number of carbonyl (C=O) groups is 7. The van der Waals surface area contributed by atoms with Gasteiger partial charge in [-0.05, 0) is 85.6 Å². The van der Waals surface area contributed by atoms with E-state index in [4.69, 9.17) is 53.1 Å². The number of esters is 2. The van der Waals surface area contributed by atoms with Crippen LogP contribution in [0.25, 0.3) is 0 Å². The molecule has 0 radical (unpaired) electrons. The number of rotatable bonds is 39. The Morgan fingerprint density at radius 2 is 0.851 bits per heavy atom. The zero-order chi connectivity index (χ0) is 55.3. The van der Waals surface area contributed by atoms with Gasteiger partial charge in [-0.1, -0.05) is 30.3 Å². The molecule has 24 heteroatoms. The molecule has 0 spiro atoms. The number of carbonyl (C=O) groups excluding carboxylic acids is 7. The number of alkyl carbamates (subject to hydrolysis) is 3. The number of amides is 5. The summed E-state index contributed by atoms with van der Waals surface area (Å²) in [6, 6.07) is 7.35. The number of benzene rings is 1. The fraction of sp³-hybridized carbons (Fsp3) is 0.740. The molecule has 0 bridgehead atoms. The van der Waals surface area contributed by atoms with Crippen LogP contribution >= 0.6 is 0 Å². The van der Waals surface area contributed by atoms with Gasteiger partial charge in [-0.2, -0.15) is 0 Å². The van der Waals surface area contributed by atoms with Gasteiger partial charge in [0.05, 0.1) is 67.1 Å². The average Bonchev–Trinajstić information content (AvgIpc) is 3.35. The molecule has 0 aliphatic heterocycles. The number of nitrogens with one attached hydrogen (secondary N) is 5. The molecule has 1 rings (SSSR count). The number of nitrogens with two attached hydrogens (primary N) is 1. The summed E-state index contributed by atoms with van der Waals surface area (Å²) >= 11 is 0. The highest BCUT2D eigenvalue weighted by Gasteiger charge is 2.23. The SMILES string of the molecule is COC(=O)C(CCC(=O)NCCCOCCOCCOCCCNC(=O)OC(C)(C)C)NC(=O)OCc1ccccc1.COC(=O)C(N)CCC(=O)NCCCOCCOCCOCCCNC(=O)OC(C)(C)C. The first-order valence-electron chi connectivity index (χ1n) is 25.1. The minimum absolute atomic E-state index is 0.0236. The normalized spacial score (nSPS) is 11.9. The van der Waals surface area contributed by atoms with Gasteiger partial charge < -0.3 is 84.4 Å². The Morgan fingerprint density at radius 3 is 1.23 bits per heavy atom. The Morgan fingerprint density at radius 1 is 0.486 bits per heavy atom. The predicted molar refractivity (Wildman–Crippen MR) is 272 cm³/mol. The Balaban J connectivity index is 0.00000150. The molecule has 1 aromatic rings. The zero-order valence-electron chi connectivity index (χ0n) is 45.1. The molecule has 0 heterocycles. The van der Waals surface area contributed by atoms with Crippen LogP contribution in [0.2, 0.25) is 0 Å². The molecule has 0 aromatic heterocycles. The molecule has 1 aromatic carbocycles. The molecule has 0 aliphatic carbocycles. The molecular formula is C50H88N6O18. The van der Waals surface area contributed by atoms with E-state index in [0.717, 1.165) is 5.56 Å². The van der Waals surface area contributed by atoms with Crippen LogP contribution in [0, 0.1) is 0 Å². The molecule has 5 amide bonds. The maximum absolute atomic E-state index is 12.1. The Bertz CT molecular complexity index is 1660. The van der Waals surface area contributed by atoms with E-state index in [1.807, 2.05) is 71.9 Å². The van der Waals surface area contributed by atoms with Crippen LogP contribution in [0.1, 0.15) is 98.5 Å². The van der Waals surface area contributed by atoms with Crippen molar-refractivity contribution in [2.45, 2.75) is 123 Å². The third-order valence-electron chi connectivity index (χ3n) is 9.17. The molecule has 0 aliphatic rings. The minimum Gasteiger partial charge on any atom is -0.468 e. The summed E-state index contributed by atoms with van der Waals surface area (Å²) in [5, 5.41) is 13.3. The molecule has 74 heavy (non-hydrogen) atoms.